The van der Waals surface area contributed by atoms with Gasteiger partial charge in [0.1, 0.15) is 0 Å². The summed E-state index contributed by atoms with van der Waals surface area (Å²) < 4.78 is 3.61. The molecule has 0 bridgehead atoms. The van der Waals surface area contributed by atoms with E-state index in [4.69, 9.17) is 0 Å². The van der Waals surface area contributed by atoms with Crippen molar-refractivity contribution >= 4 is 43.8 Å². The molecule has 4 heteroatoms. The fourth-order valence-corrected chi connectivity index (χ4v) is 21.6. The Morgan fingerprint density at radius 3 is 1.94 bits per heavy atom. The van der Waals surface area contributed by atoms with Crippen molar-refractivity contribution in [3.63, 3.8) is 0 Å². The summed E-state index contributed by atoms with van der Waals surface area (Å²) in [4.78, 5) is 0. The number of fused-ring (bicyclic) bond motifs is 3. The van der Waals surface area contributed by atoms with Gasteiger partial charge in [-0.05, 0) is 0 Å². The van der Waals surface area contributed by atoms with Gasteiger partial charge in [0, 0.05) is 0 Å². The van der Waals surface area contributed by atoms with Crippen molar-refractivity contribution in [2.45, 2.75) is 23.9 Å². The monoisotopic (exact) mass is 603 g/mol. The Bertz CT molecular complexity index is 1480. The molecule has 0 N–H and O–H groups in total. The standard InChI is InChI=1S/C20H17.2C6H5.2ClH.H2Si.Zr/c1-13-7-9-17-16(11-13)12-19-18(17)10-8-14(2)20(19)15-5-3-4-6-15;2*1-2-4-6-5-3-1;;;;/h3-5,7-12H,6H2,1-2H3;2*1-5H;2*1H;1H2;. The molecule has 0 radical (unpaired) electrons. The Balaban J connectivity index is 0.00000152. The van der Waals surface area contributed by atoms with Crippen molar-refractivity contribution in [3.05, 3.63) is 137 Å². The zero-order chi connectivity index (χ0) is 23.3. The Labute approximate surface area is 233 Å². The van der Waals surface area contributed by atoms with E-state index in [0.29, 0.717) is 3.63 Å². The minimum Gasteiger partial charge on any atom is -0.147 e. The smallest absolute Gasteiger partial charge is 0.147 e. The number of aryl methyl sites for hydroxylation is 2. The van der Waals surface area contributed by atoms with Gasteiger partial charge in [-0.3, -0.25) is 0 Å². The Morgan fingerprint density at radius 1 is 0.750 bits per heavy atom. The molecule has 0 heterocycles. The Kier molecular flexibility index (Phi) is 8.13. The van der Waals surface area contributed by atoms with Gasteiger partial charge in [-0.15, -0.1) is 24.8 Å². The van der Waals surface area contributed by atoms with Crippen LogP contribution in [0.3, 0.4) is 0 Å². The molecule has 2 aliphatic rings. The summed E-state index contributed by atoms with van der Waals surface area (Å²) in [5.74, 6) is 0. The average molecular weight is 606 g/mol. The summed E-state index contributed by atoms with van der Waals surface area (Å²) in [6, 6.07) is 34.9. The predicted octanol–water partition coefficient (Wildman–Crippen LogP) is 6.91. The number of hydrogen-bond acceptors (Lipinski definition) is 0. The van der Waals surface area contributed by atoms with Gasteiger partial charge in [0.2, 0.25) is 0 Å². The number of halogens is 2. The van der Waals surface area contributed by atoms with E-state index in [-0.39, 0.29) is 24.8 Å². The Hall–Kier alpha value is -1.96. The number of benzene rings is 4. The zero-order valence-corrected chi connectivity index (χ0v) is 26.2. The third-order valence-corrected chi connectivity index (χ3v) is 25.6. The van der Waals surface area contributed by atoms with Crippen molar-refractivity contribution in [2.75, 3.05) is 0 Å². The van der Waals surface area contributed by atoms with Crippen LogP contribution >= 0.6 is 24.8 Å². The van der Waals surface area contributed by atoms with Gasteiger partial charge >= 0.3 is 210 Å². The summed E-state index contributed by atoms with van der Waals surface area (Å²) in [7, 11) is 0. The SMILES string of the molecule is Cc1ccc2c(c1)[CH]([Zr](=[SiH2])([c]1ccccc1)[c]1ccccc1)c1c-2ccc(C)c1C1=CC=CC1.Cl.Cl. The van der Waals surface area contributed by atoms with E-state index < -0.39 is 18.9 Å². The third-order valence-electron chi connectivity index (χ3n) is 7.71. The first-order valence-electron chi connectivity index (χ1n) is 12.2. The normalized spacial score (nSPS) is 15.4. The van der Waals surface area contributed by atoms with Crippen molar-refractivity contribution < 1.29 is 18.9 Å². The zero-order valence-electron chi connectivity index (χ0n) is 20.7. The van der Waals surface area contributed by atoms with E-state index in [0.717, 1.165) is 6.42 Å². The molecule has 1 atom stereocenters. The minimum atomic E-state index is -3.26. The molecule has 0 saturated carbocycles. The van der Waals surface area contributed by atoms with Crippen LogP contribution in [0.2, 0.25) is 0 Å². The number of rotatable bonds is 4. The molecule has 0 aromatic heterocycles. The van der Waals surface area contributed by atoms with Gasteiger partial charge in [0.15, 0.2) is 0 Å². The average Bonchev–Trinajstić information content (AvgIpc) is 3.51. The van der Waals surface area contributed by atoms with Gasteiger partial charge in [0.05, 0.1) is 0 Å². The van der Waals surface area contributed by atoms with Crippen LogP contribution in [0.25, 0.3) is 16.7 Å². The van der Waals surface area contributed by atoms with Crippen molar-refractivity contribution in [1.29, 1.82) is 0 Å². The van der Waals surface area contributed by atoms with Crippen LogP contribution in [0.4, 0.5) is 0 Å². The van der Waals surface area contributed by atoms with Crippen LogP contribution < -0.4 is 6.54 Å². The first-order valence-corrected chi connectivity index (χ1v) is 22.0. The molecule has 0 fully saturated rings. The van der Waals surface area contributed by atoms with Crippen molar-refractivity contribution in [2.24, 2.45) is 0 Å². The summed E-state index contributed by atoms with van der Waals surface area (Å²) in [5, 5.41) is 0. The second-order valence-electron chi connectivity index (χ2n) is 9.77. The molecular weight excluding hydrogens is 575 g/mol. The van der Waals surface area contributed by atoms with Crippen LogP contribution in [-0.2, 0) is 18.9 Å². The molecule has 0 spiro atoms. The van der Waals surface area contributed by atoms with Crippen molar-refractivity contribution in [1.82, 2.24) is 0 Å². The van der Waals surface area contributed by atoms with Gasteiger partial charge in [-0.25, -0.2) is 0 Å². The molecule has 4 aromatic carbocycles. The minimum absolute atomic E-state index is 0. The first-order chi connectivity index (χ1) is 16.6. The summed E-state index contributed by atoms with van der Waals surface area (Å²) >= 11 is -3.26. The third kappa shape index (κ3) is 4.27. The fraction of sp³-hybridized carbons (Fsp3) is 0.125. The first kappa shape index (κ1) is 27.1. The van der Waals surface area contributed by atoms with Crippen LogP contribution in [0.5, 0.6) is 0 Å². The molecule has 0 nitrogen and oxygen atoms in total. The molecular formula is C32H31Cl2SiZr. The molecule has 0 aliphatic heterocycles. The molecule has 181 valence electrons. The van der Waals surface area contributed by atoms with Crippen LogP contribution in [-0.4, -0.2) is 6.88 Å². The van der Waals surface area contributed by atoms with Gasteiger partial charge in [-0.2, -0.15) is 0 Å². The molecule has 0 saturated heterocycles. The summed E-state index contributed by atoms with van der Waals surface area (Å²) in [5.41, 5.74) is 11.8. The second kappa shape index (κ2) is 10.8. The largest absolute Gasteiger partial charge is 0.147 e. The summed E-state index contributed by atoms with van der Waals surface area (Å²) in [6.45, 7) is 6.93. The summed E-state index contributed by atoms with van der Waals surface area (Å²) in [6.07, 6.45) is 7.90. The van der Waals surface area contributed by atoms with Crippen LogP contribution in [0.1, 0.15) is 37.9 Å². The fourth-order valence-electron chi connectivity index (χ4n) is 6.13. The molecule has 2 aliphatic carbocycles. The topological polar surface area (TPSA) is 0 Å². The van der Waals surface area contributed by atoms with E-state index in [1.54, 1.807) is 17.7 Å². The van der Waals surface area contributed by atoms with Crippen molar-refractivity contribution in [3.8, 4) is 11.1 Å². The maximum Gasteiger partial charge on any atom is -0.147 e. The molecule has 36 heavy (non-hydrogen) atoms. The molecule has 1 unspecified atom stereocenters. The van der Waals surface area contributed by atoms with E-state index in [1.807, 2.05) is 0 Å². The predicted molar refractivity (Wildman–Crippen MR) is 160 cm³/mol. The maximum absolute atomic E-state index is 3.26. The number of allylic oxidation sites excluding steroid dienone is 4. The number of hydrogen-bond donors (Lipinski definition) is 0. The van der Waals surface area contributed by atoms with Crippen LogP contribution in [0.15, 0.2) is 109 Å². The van der Waals surface area contributed by atoms with E-state index in [9.17, 15) is 0 Å². The van der Waals surface area contributed by atoms with E-state index in [2.05, 4.69) is 130 Å². The van der Waals surface area contributed by atoms with Gasteiger partial charge < -0.3 is 0 Å². The van der Waals surface area contributed by atoms with Gasteiger partial charge in [-0.1, -0.05) is 0 Å². The molecule has 4 aromatic rings. The molecule has 0 amide bonds. The van der Waals surface area contributed by atoms with Crippen LogP contribution in [0, 0.1) is 13.8 Å². The molecule has 6 rings (SSSR count). The van der Waals surface area contributed by atoms with E-state index >= 15 is 0 Å². The van der Waals surface area contributed by atoms with E-state index in [1.165, 1.54) is 33.4 Å². The maximum atomic E-state index is 2.49. The quantitative estimate of drug-likeness (QED) is 0.222. The van der Waals surface area contributed by atoms with Gasteiger partial charge in [0.25, 0.3) is 0 Å². The Morgan fingerprint density at radius 2 is 1.36 bits per heavy atom. The second-order valence-corrected chi connectivity index (χ2v) is 25.4.